The van der Waals surface area contributed by atoms with Gasteiger partial charge in [-0.15, -0.1) is 0 Å². The van der Waals surface area contributed by atoms with Gasteiger partial charge in [-0.2, -0.15) is 0 Å². The third-order valence-corrected chi connectivity index (χ3v) is 4.91. The highest BCUT2D eigenvalue weighted by molar-refractivity contribution is 5.94. The van der Waals surface area contributed by atoms with Gasteiger partial charge < -0.3 is 10.2 Å². The van der Waals surface area contributed by atoms with E-state index in [4.69, 9.17) is 0 Å². The predicted octanol–water partition coefficient (Wildman–Crippen LogP) is 4.48. The minimum Gasteiger partial charge on any atom is -0.313 e. The van der Waals surface area contributed by atoms with E-state index in [0.29, 0.717) is 13.0 Å². The van der Waals surface area contributed by atoms with E-state index in [1.54, 1.807) is 4.90 Å². The second-order valence-electron chi connectivity index (χ2n) is 6.61. The highest BCUT2D eigenvalue weighted by Gasteiger charge is 2.34. The molecule has 0 unspecified atom stereocenters. The topological polar surface area (TPSA) is 49.4 Å². The summed E-state index contributed by atoms with van der Waals surface area (Å²) in [6.07, 6.45) is 7.89. The Labute approximate surface area is 152 Å². The van der Waals surface area contributed by atoms with Gasteiger partial charge in [0.1, 0.15) is 5.78 Å². The summed E-state index contributed by atoms with van der Waals surface area (Å²) in [5.74, 6) is -0.0618. The summed E-state index contributed by atoms with van der Waals surface area (Å²) < 4.78 is 0. The summed E-state index contributed by atoms with van der Waals surface area (Å²) in [5, 5.41) is 2.95. The molecule has 1 atom stereocenters. The minimum atomic E-state index is -0.268. The maximum Gasteiger partial charge on any atom is 0.322 e. The predicted molar refractivity (Wildman–Crippen MR) is 102 cm³/mol. The van der Waals surface area contributed by atoms with Gasteiger partial charge in [-0.3, -0.25) is 4.79 Å². The molecule has 4 heteroatoms. The number of carbonyl (C=O) groups is 2. The Morgan fingerprint density at radius 1 is 0.962 bits per heavy atom. The molecule has 2 aromatic carbocycles. The summed E-state index contributed by atoms with van der Waals surface area (Å²) >= 11 is 0. The molecule has 1 aliphatic heterocycles. The first-order valence-corrected chi connectivity index (χ1v) is 8.80. The van der Waals surface area contributed by atoms with Crippen LogP contribution in [-0.2, 0) is 11.3 Å². The first kappa shape index (κ1) is 16.3. The lowest BCUT2D eigenvalue weighted by atomic mass is 9.91. The Morgan fingerprint density at radius 3 is 2.42 bits per heavy atom. The summed E-state index contributed by atoms with van der Waals surface area (Å²) in [6, 6.07) is 17.2. The van der Waals surface area contributed by atoms with Crippen molar-refractivity contribution >= 4 is 17.5 Å². The van der Waals surface area contributed by atoms with Gasteiger partial charge in [0.2, 0.25) is 0 Å². The molecule has 0 saturated carbocycles. The lowest BCUT2D eigenvalue weighted by molar-refractivity contribution is -0.121. The number of carbonyl (C=O) groups excluding carboxylic acids is 2. The molecule has 4 nitrogen and oxygen atoms in total. The normalized spacial score (nSPS) is 18.7. The van der Waals surface area contributed by atoms with Crippen molar-refractivity contribution in [3.63, 3.8) is 0 Å². The molecule has 1 aliphatic carbocycles. The quantitative estimate of drug-likeness (QED) is 0.869. The largest absolute Gasteiger partial charge is 0.322 e. The molecule has 1 N–H and O–H groups in total. The SMILES string of the molecule is O=C(C[C@H]1c2ccccc2NC(=O)N1Cc1ccccc1)C1C=CC=C1. The number of urea groups is 1. The maximum atomic E-state index is 12.8. The van der Waals surface area contributed by atoms with E-state index in [1.165, 1.54) is 0 Å². The van der Waals surface area contributed by atoms with Gasteiger partial charge >= 0.3 is 6.03 Å². The van der Waals surface area contributed by atoms with Crippen molar-refractivity contribution in [3.8, 4) is 0 Å². The van der Waals surface area contributed by atoms with Crippen LogP contribution in [0.3, 0.4) is 0 Å². The first-order valence-electron chi connectivity index (χ1n) is 8.80. The zero-order valence-electron chi connectivity index (χ0n) is 14.3. The standard InChI is InChI=1S/C22H20N2O2/c25-21(17-10-4-5-11-17)14-20-18-12-6-7-13-19(18)23-22(26)24(20)15-16-8-2-1-3-9-16/h1-13,17,20H,14-15H2,(H,23,26)/t20-/m0/s1. The average Bonchev–Trinajstić information content (AvgIpc) is 3.20. The number of para-hydroxylation sites is 1. The maximum absolute atomic E-state index is 12.8. The van der Waals surface area contributed by atoms with Crippen molar-refractivity contribution < 1.29 is 9.59 Å². The molecule has 4 rings (SSSR count). The fourth-order valence-corrected chi connectivity index (χ4v) is 3.55. The van der Waals surface area contributed by atoms with Crippen LogP contribution in [0.4, 0.5) is 10.5 Å². The average molecular weight is 344 g/mol. The third-order valence-electron chi connectivity index (χ3n) is 4.91. The van der Waals surface area contributed by atoms with E-state index in [2.05, 4.69) is 5.32 Å². The van der Waals surface area contributed by atoms with Crippen LogP contribution in [0.25, 0.3) is 0 Å². The van der Waals surface area contributed by atoms with Gasteiger partial charge in [-0.1, -0.05) is 72.8 Å². The van der Waals surface area contributed by atoms with Crippen LogP contribution in [0.1, 0.15) is 23.6 Å². The van der Waals surface area contributed by atoms with Crippen molar-refractivity contribution in [1.82, 2.24) is 4.90 Å². The molecule has 0 radical (unpaired) electrons. The van der Waals surface area contributed by atoms with Crippen LogP contribution >= 0.6 is 0 Å². The Balaban J connectivity index is 1.66. The summed E-state index contributed by atoms with van der Waals surface area (Å²) in [6.45, 7) is 0.468. The number of benzene rings is 2. The molecule has 2 amide bonds. The number of rotatable bonds is 5. The second-order valence-corrected chi connectivity index (χ2v) is 6.61. The van der Waals surface area contributed by atoms with Crippen molar-refractivity contribution in [2.45, 2.75) is 19.0 Å². The molecule has 0 saturated heterocycles. The first-order chi connectivity index (χ1) is 12.7. The molecule has 0 aromatic heterocycles. The van der Waals surface area contributed by atoms with E-state index >= 15 is 0 Å². The highest BCUT2D eigenvalue weighted by Crippen LogP contribution is 2.37. The van der Waals surface area contributed by atoms with Gasteiger partial charge in [-0.25, -0.2) is 4.79 Å². The van der Waals surface area contributed by atoms with E-state index < -0.39 is 0 Å². The van der Waals surface area contributed by atoms with Gasteiger partial charge in [0, 0.05) is 18.7 Å². The summed E-state index contributed by atoms with van der Waals surface area (Å²) in [5.41, 5.74) is 2.82. The molecule has 130 valence electrons. The van der Waals surface area contributed by atoms with Gasteiger partial charge in [0.25, 0.3) is 0 Å². The lowest BCUT2D eigenvalue weighted by Crippen LogP contribution is -2.42. The monoisotopic (exact) mass is 344 g/mol. The molecule has 1 heterocycles. The van der Waals surface area contributed by atoms with Crippen molar-refractivity contribution in [2.24, 2.45) is 5.92 Å². The lowest BCUT2D eigenvalue weighted by Gasteiger charge is -2.37. The number of nitrogens with one attached hydrogen (secondary N) is 1. The minimum absolute atomic E-state index is 0.127. The van der Waals surface area contributed by atoms with Crippen LogP contribution in [0.2, 0.25) is 0 Å². The second kappa shape index (κ2) is 7.00. The molecule has 2 aliphatic rings. The molecule has 0 fully saturated rings. The van der Waals surface area contributed by atoms with Crippen molar-refractivity contribution in [2.75, 3.05) is 5.32 Å². The van der Waals surface area contributed by atoms with E-state index in [1.807, 2.05) is 78.9 Å². The van der Waals surface area contributed by atoms with E-state index in [9.17, 15) is 9.59 Å². The molecular weight excluding hydrogens is 324 g/mol. The van der Waals surface area contributed by atoms with Gasteiger partial charge in [-0.05, 0) is 17.2 Å². The number of hydrogen-bond acceptors (Lipinski definition) is 2. The number of amides is 2. The van der Waals surface area contributed by atoms with Crippen molar-refractivity contribution in [1.29, 1.82) is 0 Å². The summed E-state index contributed by atoms with van der Waals surface area (Å²) in [4.78, 5) is 27.3. The van der Waals surface area contributed by atoms with Crippen LogP contribution < -0.4 is 5.32 Å². The van der Waals surface area contributed by atoms with Gasteiger partial charge in [0.15, 0.2) is 0 Å². The highest BCUT2D eigenvalue weighted by atomic mass is 16.2. The fourth-order valence-electron chi connectivity index (χ4n) is 3.55. The Bertz CT molecular complexity index is 874. The third kappa shape index (κ3) is 3.18. The van der Waals surface area contributed by atoms with Crippen LogP contribution in [0.5, 0.6) is 0 Å². The molecule has 0 bridgehead atoms. The molecule has 0 spiro atoms. The number of ketones is 1. The zero-order valence-corrected chi connectivity index (χ0v) is 14.3. The fraction of sp³-hybridized carbons (Fsp3) is 0.182. The van der Waals surface area contributed by atoms with Crippen molar-refractivity contribution in [3.05, 3.63) is 90.0 Å². The van der Waals surface area contributed by atoms with Gasteiger partial charge in [0.05, 0.1) is 12.0 Å². The number of Topliss-reactive ketones (excluding diaryl/α,β-unsaturated/α-hetero) is 1. The molecule has 2 aromatic rings. The Morgan fingerprint density at radius 2 is 1.65 bits per heavy atom. The zero-order chi connectivity index (χ0) is 17.9. The smallest absolute Gasteiger partial charge is 0.313 e. The number of hydrogen-bond donors (Lipinski definition) is 1. The van der Waals surface area contributed by atoms with E-state index in [-0.39, 0.29) is 23.8 Å². The Hall–Kier alpha value is -3.14. The number of anilines is 1. The number of allylic oxidation sites excluding steroid dienone is 4. The van der Waals surface area contributed by atoms with Crippen LogP contribution in [0, 0.1) is 5.92 Å². The molecular formula is C22H20N2O2. The summed E-state index contributed by atoms with van der Waals surface area (Å²) in [7, 11) is 0. The van der Waals surface area contributed by atoms with Crippen LogP contribution in [-0.4, -0.2) is 16.7 Å². The number of nitrogens with zero attached hydrogens (tertiary/aromatic N) is 1. The number of fused-ring (bicyclic) bond motifs is 1. The Kier molecular flexibility index (Phi) is 4.40. The molecule has 26 heavy (non-hydrogen) atoms. The van der Waals surface area contributed by atoms with E-state index in [0.717, 1.165) is 16.8 Å². The van der Waals surface area contributed by atoms with Crippen LogP contribution in [0.15, 0.2) is 78.9 Å².